The molecule has 0 aliphatic carbocycles. The molecule has 0 bridgehead atoms. The molecule has 2 N–H and O–H groups in total. The van der Waals surface area contributed by atoms with E-state index in [1.807, 2.05) is 23.1 Å². The van der Waals surface area contributed by atoms with E-state index < -0.39 is 0 Å². The minimum absolute atomic E-state index is 0. The van der Waals surface area contributed by atoms with Crippen molar-refractivity contribution in [3.05, 3.63) is 41.9 Å². The minimum Gasteiger partial charge on any atom is -0.354 e. The van der Waals surface area contributed by atoms with E-state index in [2.05, 4.69) is 43.6 Å². The summed E-state index contributed by atoms with van der Waals surface area (Å²) in [6, 6.07) is 6.15. The second-order valence-corrected chi connectivity index (χ2v) is 7.68. The Morgan fingerprint density at radius 2 is 2.10 bits per heavy atom. The zero-order valence-corrected chi connectivity index (χ0v) is 17.7. The van der Waals surface area contributed by atoms with Gasteiger partial charge in [-0.25, -0.2) is 4.98 Å². The van der Waals surface area contributed by atoms with Crippen LogP contribution in [-0.4, -0.2) is 71.9 Å². The number of halogens is 1. The summed E-state index contributed by atoms with van der Waals surface area (Å²) in [4.78, 5) is 21.6. The molecule has 9 heteroatoms. The van der Waals surface area contributed by atoms with Gasteiger partial charge in [-0.05, 0) is 50.2 Å². The van der Waals surface area contributed by atoms with Crippen LogP contribution in [0, 0.1) is 0 Å². The molecule has 0 saturated carbocycles. The van der Waals surface area contributed by atoms with Gasteiger partial charge in [-0.2, -0.15) is 5.10 Å². The molecule has 158 valence electrons. The van der Waals surface area contributed by atoms with Gasteiger partial charge in [-0.3, -0.25) is 9.48 Å². The lowest BCUT2D eigenvalue weighted by Crippen LogP contribution is -2.44. The van der Waals surface area contributed by atoms with Crippen LogP contribution < -0.4 is 15.5 Å². The van der Waals surface area contributed by atoms with Gasteiger partial charge in [-0.15, -0.1) is 12.4 Å². The molecular weight excluding hydrogens is 390 g/mol. The first kappa shape index (κ1) is 21.5. The van der Waals surface area contributed by atoms with Crippen LogP contribution in [0.25, 0.3) is 0 Å². The number of nitrogens with zero attached hydrogens (tertiary/aromatic N) is 5. The van der Waals surface area contributed by atoms with E-state index in [-0.39, 0.29) is 18.3 Å². The Morgan fingerprint density at radius 3 is 2.86 bits per heavy atom. The number of carbonyl (C=O) groups excluding carboxylic acids is 1. The highest BCUT2D eigenvalue weighted by molar-refractivity contribution is 5.92. The number of carbonyl (C=O) groups is 1. The Balaban J connectivity index is 0.00000240. The molecule has 1 atom stereocenters. The zero-order chi connectivity index (χ0) is 19.3. The Kier molecular flexibility index (Phi) is 7.46. The third-order valence-corrected chi connectivity index (χ3v) is 5.58. The maximum absolute atomic E-state index is 12.5. The van der Waals surface area contributed by atoms with Gasteiger partial charge < -0.3 is 20.4 Å². The second-order valence-electron chi connectivity index (χ2n) is 7.68. The van der Waals surface area contributed by atoms with Crippen molar-refractivity contribution in [1.82, 2.24) is 30.3 Å². The summed E-state index contributed by atoms with van der Waals surface area (Å²) in [6.07, 6.45) is 5.97. The Bertz CT molecular complexity index is 798. The molecule has 4 heterocycles. The van der Waals surface area contributed by atoms with E-state index >= 15 is 0 Å². The molecule has 2 aliphatic heterocycles. The first-order chi connectivity index (χ1) is 13.7. The van der Waals surface area contributed by atoms with Crippen LogP contribution >= 0.6 is 12.4 Å². The predicted octanol–water partition coefficient (Wildman–Crippen LogP) is 1.31. The van der Waals surface area contributed by atoms with E-state index in [0.29, 0.717) is 18.3 Å². The highest BCUT2D eigenvalue weighted by Crippen LogP contribution is 2.16. The maximum atomic E-state index is 12.5. The lowest BCUT2D eigenvalue weighted by atomic mass is 10.1. The largest absolute Gasteiger partial charge is 0.354 e. The second kappa shape index (κ2) is 10.0. The molecule has 2 aromatic rings. The number of piperazine rings is 1. The van der Waals surface area contributed by atoms with Crippen LogP contribution in [0.4, 0.5) is 5.82 Å². The van der Waals surface area contributed by atoms with Crippen molar-refractivity contribution >= 4 is 24.1 Å². The van der Waals surface area contributed by atoms with Crippen LogP contribution in [-0.2, 0) is 6.54 Å². The van der Waals surface area contributed by atoms with Gasteiger partial charge in [0.25, 0.3) is 5.91 Å². The molecule has 0 aromatic carbocycles. The summed E-state index contributed by atoms with van der Waals surface area (Å²) >= 11 is 0. The summed E-state index contributed by atoms with van der Waals surface area (Å²) in [5, 5.41) is 10.8. The molecule has 0 radical (unpaired) electrons. The highest BCUT2D eigenvalue weighted by atomic mass is 35.5. The number of pyridine rings is 1. The van der Waals surface area contributed by atoms with Crippen LogP contribution in [0.2, 0.25) is 0 Å². The summed E-state index contributed by atoms with van der Waals surface area (Å²) in [5.74, 6) is 0.842. The molecule has 1 unspecified atom stereocenters. The molecule has 0 spiro atoms. The monoisotopic (exact) mass is 419 g/mol. The molecule has 2 saturated heterocycles. The SMILES string of the molecule is CN1CCN(c2cc(CNC(=O)c3ccn(C4CCCNC4)n3)ccn2)CC1.Cl. The number of anilines is 1. The van der Waals surface area contributed by atoms with Crippen molar-refractivity contribution in [2.75, 3.05) is 51.2 Å². The number of amides is 1. The number of piperidine rings is 1. The molecule has 4 rings (SSSR count). The first-order valence-corrected chi connectivity index (χ1v) is 10.1. The van der Waals surface area contributed by atoms with Crippen LogP contribution in [0.3, 0.4) is 0 Å². The summed E-state index contributed by atoms with van der Waals surface area (Å²) in [6.45, 7) is 6.49. The lowest BCUT2D eigenvalue weighted by Gasteiger charge is -2.33. The molecule has 2 fully saturated rings. The van der Waals surface area contributed by atoms with Crippen LogP contribution in [0.15, 0.2) is 30.6 Å². The average Bonchev–Trinajstić information content (AvgIpc) is 3.24. The Hall–Kier alpha value is -2.16. The summed E-state index contributed by atoms with van der Waals surface area (Å²) in [5.41, 5.74) is 1.52. The van der Waals surface area contributed by atoms with Crippen LogP contribution in [0.5, 0.6) is 0 Å². The number of nitrogens with one attached hydrogen (secondary N) is 2. The normalized spacial score (nSPS) is 20.2. The summed E-state index contributed by atoms with van der Waals surface area (Å²) in [7, 11) is 2.14. The third kappa shape index (κ3) is 5.46. The van der Waals surface area contributed by atoms with Crippen molar-refractivity contribution in [3.8, 4) is 0 Å². The van der Waals surface area contributed by atoms with E-state index in [0.717, 1.165) is 63.5 Å². The fraction of sp³-hybridized carbons (Fsp3) is 0.550. The maximum Gasteiger partial charge on any atom is 0.272 e. The molecular formula is C20H30ClN7O. The number of hydrogen-bond donors (Lipinski definition) is 2. The third-order valence-electron chi connectivity index (χ3n) is 5.58. The Labute approximate surface area is 178 Å². The smallest absolute Gasteiger partial charge is 0.272 e. The molecule has 2 aromatic heterocycles. The average molecular weight is 420 g/mol. The Morgan fingerprint density at radius 1 is 1.28 bits per heavy atom. The van der Waals surface area contributed by atoms with E-state index in [9.17, 15) is 4.79 Å². The fourth-order valence-electron chi connectivity index (χ4n) is 3.77. The van der Waals surface area contributed by atoms with Crippen LogP contribution in [0.1, 0.15) is 34.9 Å². The lowest BCUT2D eigenvalue weighted by molar-refractivity contribution is 0.0944. The quantitative estimate of drug-likeness (QED) is 0.760. The van der Waals surface area contributed by atoms with Crippen molar-refractivity contribution in [2.45, 2.75) is 25.4 Å². The number of hydrogen-bond acceptors (Lipinski definition) is 6. The number of aromatic nitrogens is 3. The first-order valence-electron chi connectivity index (χ1n) is 10.1. The van der Waals surface area contributed by atoms with Gasteiger partial charge in [0.2, 0.25) is 0 Å². The van der Waals surface area contributed by atoms with E-state index in [1.165, 1.54) is 0 Å². The van der Waals surface area contributed by atoms with Crippen molar-refractivity contribution in [3.63, 3.8) is 0 Å². The van der Waals surface area contributed by atoms with Gasteiger partial charge in [-0.1, -0.05) is 0 Å². The zero-order valence-electron chi connectivity index (χ0n) is 16.9. The van der Waals surface area contributed by atoms with E-state index in [4.69, 9.17) is 0 Å². The molecule has 1 amide bonds. The van der Waals surface area contributed by atoms with Gasteiger partial charge in [0.05, 0.1) is 6.04 Å². The van der Waals surface area contributed by atoms with Gasteiger partial charge in [0.15, 0.2) is 0 Å². The van der Waals surface area contributed by atoms with Gasteiger partial charge in [0.1, 0.15) is 11.5 Å². The topological polar surface area (TPSA) is 78.3 Å². The van der Waals surface area contributed by atoms with Gasteiger partial charge >= 0.3 is 0 Å². The minimum atomic E-state index is -0.138. The van der Waals surface area contributed by atoms with E-state index in [1.54, 1.807) is 6.07 Å². The number of likely N-dealkylation sites (N-methyl/N-ethyl adjacent to an activating group) is 1. The van der Waals surface area contributed by atoms with Crippen molar-refractivity contribution in [1.29, 1.82) is 0 Å². The molecule has 29 heavy (non-hydrogen) atoms. The fourth-order valence-corrected chi connectivity index (χ4v) is 3.77. The highest BCUT2D eigenvalue weighted by Gasteiger charge is 2.18. The molecule has 2 aliphatic rings. The predicted molar refractivity (Wildman–Crippen MR) is 116 cm³/mol. The van der Waals surface area contributed by atoms with Crippen molar-refractivity contribution < 1.29 is 4.79 Å². The van der Waals surface area contributed by atoms with Gasteiger partial charge in [0, 0.05) is 51.7 Å². The number of rotatable bonds is 5. The van der Waals surface area contributed by atoms with Crippen molar-refractivity contribution in [2.24, 2.45) is 0 Å². The summed E-state index contributed by atoms with van der Waals surface area (Å²) < 4.78 is 1.92. The molecule has 8 nitrogen and oxygen atoms in total. The standard InChI is InChI=1S/C20H29N7O.ClH/c1-25-9-11-26(12-10-25)19-13-16(4-7-22-19)14-23-20(28)18-5-8-27(24-18)17-3-2-6-21-15-17;/h4-5,7-8,13,17,21H,2-3,6,9-12,14-15H2,1H3,(H,23,28);1H.